The van der Waals surface area contributed by atoms with Crippen molar-refractivity contribution in [1.82, 2.24) is 4.90 Å². The predicted octanol–water partition coefficient (Wildman–Crippen LogP) is 2.18. The molecule has 0 spiro atoms. The van der Waals surface area contributed by atoms with E-state index in [0.29, 0.717) is 18.2 Å². The highest BCUT2D eigenvalue weighted by Gasteiger charge is 2.46. The molecular formula is C15H27NO2. The Morgan fingerprint density at radius 2 is 1.89 bits per heavy atom. The van der Waals surface area contributed by atoms with Crippen LogP contribution in [0.3, 0.4) is 0 Å². The smallest absolute Gasteiger partial charge is 0.0746 e. The molecule has 2 aliphatic carbocycles. The van der Waals surface area contributed by atoms with Crippen LogP contribution < -0.4 is 0 Å². The number of aliphatic hydroxyl groups excluding tert-OH is 1. The van der Waals surface area contributed by atoms with Crippen LogP contribution in [0.2, 0.25) is 0 Å². The summed E-state index contributed by atoms with van der Waals surface area (Å²) in [5.41, 5.74) is 0.0787. The highest BCUT2D eigenvalue weighted by atomic mass is 16.5. The Balaban J connectivity index is 1.76. The van der Waals surface area contributed by atoms with Gasteiger partial charge in [-0.3, -0.25) is 4.90 Å². The van der Waals surface area contributed by atoms with Crippen molar-refractivity contribution < 1.29 is 9.84 Å². The standard InChI is InChI=1S/C15H27NO2/c1-15(2)8-4-6-12(14(15)17)16-9-10-18-13-7-3-5-11(13)16/h11-14,17H,3-10H2,1-2H3. The molecule has 4 unspecified atom stereocenters. The summed E-state index contributed by atoms with van der Waals surface area (Å²) in [6, 6.07) is 0.940. The van der Waals surface area contributed by atoms with E-state index in [4.69, 9.17) is 4.74 Å². The molecule has 3 heteroatoms. The molecule has 3 fully saturated rings. The summed E-state index contributed by atoms with van der Waals surface area (Å²) in [6.07, 6.45) is 7.60. The first-order valence-corrected chi connectivity index (χ1v) is 7.65. The quantitative estimate of drug-likeness (QED) is 0.777. The van der Waals surface area contributed by atoms with Crippen molar-refractivity contribution in [2.24, 2.45) is 5.41 Å². The molecule has 0 bridgehead atoms. The van der Waals surface area contributed by atoms with Crippen LogP contribution in [0.15, 0.2) is 0 Å². The van der Waals surface area contributed by atoms with Gasteiger partial charge < -0.3 is 9.84 Å². The molecule has 4 atom stereocenters. The molecule has 18 heavy (non-hydrogen) atoms. The van der Waals surface area contributed by atoms with Gasteiger partial charge in [0.25, 0.3) is 0 Å². The van der Waals surface area contributed by atoms with Crippen LogP contribution >= 0.6 is 0 Å². The summed E-state index contributed by atoms with van der Waals surface area (Å²) in [5.74, 6) is 0. The largest absolute Gasteiger partial charge is 0.391 e. The number of hydrogen-bond donors (Lipinski definition) is 1. The zero-order chi connectivity index (χ0) is 12.8. The van der Waals surface area contributed by atoms with Gasteiger partial charge in [0, 0.05) is 18.6 Å². The molecule has 0 amide bonds. The SMILES string of the molecule is CC1(C)CCCC(N2CCOC3CCCC32)C1O. The Morgan fingerprint density at radius 3 is 2.72 bits per heavy atom. The molecular weight excluding hydrogens is 226 g/mol. The highest BCUT2D eigenvalue weighted by molar-refractivity contribution is 4.99. The fourth-order valence-electron chi connectivity index (χ4n) is 4.31. The lowest BCUT2D eigenvalue weighted by atomic mass is 9.71. The molecule has 1 aliphatic heterocycles. The van der Waals surface area contributed by atoms with E-state index in [1.54, 1.807) is 0 Å². The van der Waals surface area contributed by atoms with Crippen molar-refractivity contribution in [2.75, 3.05) is 13.2 Å². The van der Waals surface area contributed by atoms with Crippen LogP contribution in [0.5, 0.6) is 0 Å². The molecule has 1 heterocycles. The zero-order valence-corrected chi connectivity index (χ0v) is 11.8. The van der Waals surface area contributed by atoms with Gasteiger partial charge in [0.15, 0.2) is 0 Å². The normalized spacial score (nSPS) is 44.8. The lowest BCUT2D eigenvalue weighted by Crippen LogP contribution is -2.60. The molecule has 2 saturated carbocycles. The van der Waals surface area contributed by atoms with Crippen molar-refractivity contribution in [3.63, 3.8) is 0 Å². The fourth-order valence-corrected chi connectivity index (χ4v) is 4.31. The molecule has 104 valence electrons. The minimum Gasteiger partial charge on any atom is -0.391 e. The number of ether oxygens (including phenoxy) is 1. The second kappa shape index (κ2) is 4.77. The average Bonchev–Trinajstić information content (AvgIpc) is 2.81. The van der Waals surface area contributed by atoms with Gasteiger partial charge in [0.05, 0.1) is 18.8 Å². The summed E-state index contributed by atoms with van der Waals surface area (Å²) in [5, 5.41) is 10.7. The van der Waals surface area contributed by atoms with Crippen molar-refractivity contribution in [3.05, 3.63) is 0 Å². The van der Waals surface area contributed by atoms with E-state index in [0.717, 1.165) is 26.0 Å². The van der Waals surface area contributed by atoms with Gasteiger partial charge in [-0.1, -0.05) is 20.3 Å². The first kappa shape index (κ1) is 12.9. The Bertz CT molecular complexity index is 299. The Kier molecular flexibility index (Phi) is 3.41. The average molecular weight is 253 g/mol. The van der Waals surface area contributed by atoms with E-state index in [1.807, 2.05) is 0 Å². The zero-order valence-electron chi connectivity index (χ0n) is 11.8. The monoisotopic (exact) mass is 253 g/mol. The van der Waals surface area contributed by atoms with Gasteiger partial charge in [-0.25, -0.2) is 0 Å². The third-order valence-electron chi connectivity index (χ3n) is 5.44. The van der Waals surface area contributed by atoms with E-state index in [-0.39, 0.29) is 11.5 Å². The van der Waals surface area contributed by atoms with Crippen molar-refractivity contribution >= 4 is 0 Å². The molecule has 0 aromatic rings. The van der Waals surface area contributed by atoms with Crippen molar-refractivity contribution in [2.45, 2.75) is 76.7 Å². The summed E-state index contributed by atoms with van der Waals surface area (Å²) < 4.78 is 5.89. The molecule has 3 nitrogen and oxygen atoms in total. The molecule has 3 aliphatic rings. The van der Waals surface area contributed by atoms with Gasteiger partial charge in [-0.15, -0.1) is 0 Å². The summed E-state index contributed by atoms with van der Waals surface area (Å²) in [4.78, 5) is 2.59. The number of rotatable bonds is 1. The number of hydrogen-bond acceptors (Lipinski definition) is 3. The second-order valence-electron chi connectivity index (χ2n) is 7.04. The van der Waals surface area contributed by atoms with E-state index in [1.165, 1.54) is 25.7 Å². The topological polar surface area (TPSA) is 32.7 Å². The Hall–Kier alpha value is -0.120. The van der Waals surface area contributed by atoms with E-state index in [9.17, 15) is 5.11 Å². The van der Waals surface area contributed by atoms with E-state index in [2.05, 4.69) is 18.7 Å². The first-order chi connectivity index (χ1) is 8.59. The lowest BCUT2D eigenvalue weighted by Gasteiger charge is -2.50. The summed E-state index contributed by atoms with van der Waals surface area (Å²) in [6.45, 7) is 6.30. The maximum atomic E-state index is 10.7. The number of fused-ring (bicyclic) bond motifs is 1. The third kappa shape index (κ3) is 2.10. The molecule has 3 rings (SSSR count). The third-order valence-corrected chi connectivity index (χ3v) is 5.44. The second-order valence-corrected chi connectivity index (χ2v) is 7.04. The van der Waals surface area contributed by atoms with Gasteiger partial charge >= 0.3 is 0 Å². The van der Waals surface area contributed by atoms with Crippen LogP contribution in [-0.4, -0.2) is 47.4 Å². The lowest BCUT2D eigenvalue weighted by molar-refractivity contribution is -0.123. The molecule has 0 aromatic heterocycles. The van der Waals surface area contributed by atoms with Crippen LogP contribution in [0.25, 0.3) is 0 Å². The maximum absolute atomic E-state index is 10.7. The minimum absolute atomic E-state index is 0.0787. The number of nitrogens with zero attached hydrogens (tertiary/aromatic N) is 1. The molecule has 0 aromatic carbocycles. The van der Waals surface area contributed by atoms with Gasteiger partial charge in [-0.05, 0) is 37.5 Å². The van der Waals surface area contributed by atoms with Crippen molar-refractivity contribution in [1.29, 1.82) is 0 Å². The number of aliphatic hydroxyl groups is 1. The first-order valence-electron chi connectivity index (χ1n) is 7.65. The fraction of sp³-hybridized carbons (Fsp3) is 1.00. The highest BCUT2D eigenvalue weighted by Crippen LogP contribution is 2.41. The van der Waals surface area contributed by atoms with Crippen LogP contribution in [0, 0.1) is 5.41 Å². The van der Waals surface area contributed by atoms with Crippen LogP contribution in [-0.2, 0) is 4.74 Å². The predicted molar refractivity (Wildman–Crippen MR) is 71.5 cm³/mol. The maximum Gasteiger partial charge on any atom is 0.0746 e. The van der Waals surface area contributed by atoms with Crippen molar-refractivity contribution in [3.8, 4) is 0 Å². The van der Waals surface area contributed by atoms with Gasteiger partial charge in [0.1, 0.15) is 0 Å². The number of morpholine rings is 1. The van der Waals surface area contributed by atoms with Gasteiger partial charge in [0.2, 0.25) is 0 Å². The minimum atomic E-state index is -0.175. The Labute approximate surface area is 110 Å². The van der Waals surface area contributed by atoms with Gasteiger partial charge in [-0.2, -0.15) is 0 Å². The summed E-state index contributed by atoms with van der Waals surface area (Å²) in [7, 11) is 0. The molecule has 1 N–H and O–H groups in total. The summed E-state index contributed by atoms with van der Waals surface area (Å²) >= 11 is 0. The van der Waals surface area contributed by atoms with E-state index >= 15 is 0 Å². The van der Waals surface area contributed by atoms with E-state index < -0.39 is 0 Å². The molecule has 1 saturated heterocycles. The Morgan fingerprint density at radius 1 is 1.11 bits per heavy atom. The van der Waals surface area contributed by atoms with Crippen LogP contribution in [0.4, 0.5) is 0 Å². The molecule has 0 radical (unpaired) electrons. The van der Waals surface area contributed by atoms with Crippen LogP contribution in [0.1, 0.15) is 52.4 Å².